The number of methoxy groups -OCH3 is 1. The molecule has 2 heterocycles. The van der Waals surface area contributed by atoms with Crippen LogP contribution < -0.4 is 9.64 Å². The van der Waals surface area contributed by atoms with Gasteiger partial charge in [-0.05, 0) is 29.8 Å². The molecule has 174 valence electrons. The minimum atomic E-state index is -1.96. The summed E-state index contributed by atoms with van der Waals surface area (Å²) >= 11 is 3.43. The fourth-order valence-electron chi connectivity index (χ4n) is 5.82. The normalized spacial score (nSPS) is 24.1. The molecule has 0 bridgehead atoms. The Hall–Kier alpha value is -3.78. The summed E-state index contributed by atoms with van der Waals surface area (Å²) in [6.45, 7) is 0. The lowest BCUT2D eigenvalue weighted by Gasteiger charge is -2.39. The maximum atomic E-state index is 14.2. The van der Waals surface area contributed by atoms with Gasteiger partial charge in [0, 0.05) is 27.4 Å². The van der Waals surface area contributed by atoms with Crippen molar-refractivity contribution in [3.63, 3.8) is 0 Å². The van der Waals surface area contributed by atoms with Crippen molar-refractivity contribution in [3.8, 4) is 5.75 Å². The summed E-state index contributed by atoms with van der Waals surface area (Å²) in [5.41, 5.74) is -0.338. The van der Waals surface area contributed by atoms with Gasteiger partial charge in [-0.25, -0.2) is 0 Å². The molecule has 0 amide bonds. The Balaban J connectivity index is 1.69. The summed E-state index contributed by atoms with van der Waals surface area (Å²) in [5, 5.41) is 0. The van der Waals surface area contributed by atoms with E-state index in [9.17, 15) is 19.2 Å². The van der Waals surface area contributed by atoms with E-state index in [4.69, 9.17) is 9.47 Å². The summed E-state index contributed by atoms with van der Waals surface area (Å²) in [6.07, 6.45) is 0. The van der Waals surface area contributed by atoms with Crippen LogP contribution in [0.2, 0.25) is 0 Å². The van der Waals surface area contributed by atoms with Gasteiger partial charge < -0.3 is 14.4 Å². The Kier molecular flexibility index (Phi) is 4.73. The molecule has 6 rings (SSSR count). The van der Waals surface area contributed by atoms with E-state index in [1.807, 2.05) is 24.3 Å². The van der Waals surface area contributed by atoms with Crippen molar-refractivity contribution in [3.05, 3.63) is 94.0 Å². The number of ether oxygens (including phenoxy) is 2. The number of hydrogen-bond acceptors (Lipinski definition) is 7. The molecule has 0 N–H and O–H groups in total. The third-order valence-electron chi connectivity index (χ3n) is 7.19. The first kappa shape index (κ1) is 21.7. The summed E-state index contributed by atoms with van der Waals surface area (Å²) < 4.78 is 11.3. The molecule has 1 spiro atoms. The van der Waals surface area contributed by atoms with E-state index < -0.39 is 46.9 Å². The smallest absolute Gasteiger partial charge is 0.320 e. The van der Waals surface area contributed by atoms with E-state index in [1.165, 1.54) is 7.11 Å². The number of hydrogen-bond donors (Lipinski definition) is 0. The third-order valence-corrected chi connectivity index (χ3v) is 7.72. The lowest BCUT2D eigenvalue weighted by Crippen LogP contribution is -2.59. The zero-order valence-corrected chi connectivity index (χ0v) is 20.0. The Morgan fingerprint density at radius 3 is 2.14 bits per heavy atom. The van der Waals surface area contributed by atoms with Crippen LogP contribution in [0.3, 0.4) is 0 Å². The Morgan fingerprint density at radius 2 is 1.51 bits per heavy atom. The first-order valence-corrected chi connectivity index (χ1v) is 11.8. The highest BCUT2D eigenvalue weighted by Crippen LogP contribution is 2.60. The second kappa shape index (κ2) is 7.61. The molecular weight excluding hydrogens is 514 g/mol. The average molecular weight is 532 g/mol. The van der Waals surface area contributed by atoms with Gasteiger partial charge in [-0.3, -0.25) is 19.2 Å². The number of cyclic esters (lactones) is 2. The van der Waals surface area contributed by atoms with Crippen molar-refractivity contribution in [2.75, 3.05) is 12.0 Å². The van der Waals surface area contributed by atoms with Crippen molar-refractivity contribution in [2.24, 2.45) is 11.8 Å². The Labute approximate surface area is 208 Å². The molecule has 8 heteroatoms. The minimum absolute atomic E-state index is 0.229. The zero-order valence-electron chi connectivity index (χ0n) is 18.4. The summed E-state index contributed by atoms with van der Waals surface area (Å²) in [4.78, 5) is 56.3. The second-order valence-corrected chi connectivity index (χ2v) is 9.70. The van der Waals surface area contributed by atoms with Crippen LogP contribution in [0, 0.1) is 11.8 Å². The Bertz CT molecular complexity index is 1400. The predicted molar refractivity (Wildman–Crippen MR) is 128 cm³/mol. The average Bonchev–Trinajstić information content (AvgIpc) is 3.43. The monoisotopic (exact) mass is 531 g/mol. The molecular formula is C27H18BrNO6. The van der Waals surface area contributed by atoms with Gasteiger partial charge in [-0.2, -0.15) is 0 Å². The summed E-state index contributed by atoms with van der Waals surface area (Å²) in [5.74, 6) is -4.45. The van der Waals surface area contributed by atoms with E-state index in [0.717, 1.165) is 4.47 Å². The molecule has 0 radical (unpaired) electrons. The number of rotatable bonds is 3. The molecule has 3 aromatic carbocycles. The molecule has 0 aromatic heterocycles. The van der Waals surface area contributed by atoms with Crippen LogP contribution in [0.5, 0.6) is 5.75 Å². The van der Waals surface area contributed by atoms with Crippen molar-refractivity contribution >= 4 is 45.1 Å². The fourth-order valence-corrected chi connectivity index (χ4v) is 6.08. The lowest BCUT2D eigenvalue weighted by atomic mass is 9.76. The van der Waals surface area contributed by atoms with Crippen LogP contribution in [0.4, 0.5) is 5.69 Å². The number of benzene rings is 3. The number of esters is 2. The lowest BCUT2D eigenvalue weighted by molar-refractivity contribution is -0.154. The molecule has 0 saturated carbocycles. The van der Waals surface area contributed by atoms with Crippen LogP contribution >= 0.6 is 15.9 Å². The molecule has 3 aliphatic rings. The molecule has 2 aliphatic heterocycles. The molecule has 1 aliphatic carbocycles. The summed E-state index contributed by atoms with van der Waals surface area (Å²) in [6, 6.07) is 19.9. The molecule has 7 nitrogen and oxygen atoms in total. The van der Waals surface area contributed by atoms with E-state index >= 15 is 0 Å². The van der Waals surface area contributed by atoms with Crippen molar-refractivity contribution in [2.45, 2.75) is 11.6 Å². The molecule has 35 heavy (non-hydrogen) atoms. The highest BCUT2D eigenvalue weighted by Gasteiger charge is 2.76. The number of ketones is 2. The molecule has 2 fully saturated rings. The van der Waals surface area contributed by atoms with Gasteiger partial charge in [0.05, 0.1) is 19.1 Å². The van der Waals surface area contributed by atoms with Crippen LogP contribution in [0.25, 0.3) is 0 Å². The number of carbonyl (C=O) groups is 4. The highest BCUT2D eigenvalue weighted by molar-refractivity contribution is 9.10. The number of fused-ring (bicyclic) bond motifs is 3. The third kappa shape index (κ3) is 2.77. The van der Waals surface area contributed by atoms with Gasteiger partial charge in [0.15, 0.2) is 17.1 Å². The van der Waals surface area contributed by atoms with Gasteiger partial charge in [0.25, 0.3) is 0 Å². The van der Waals surface area contributed by atoms with Gasteiger partial charge in [-0.1, -0.05) is 58.4 Å². The number of Topliss-reactive ketones (excluding diaryl/α,β-unsaturated/α-hetero) is 2. The number of nitrogens with zero attached hydrogens (tertiary/aromatic N) is 1. The minimum Gasteiger partial charge on any atom is -0.497 e. The van der Waals surface area contributed by atoms with Gasteiger partial charge >= 0.3 is 11.9 Å². The zero-order chi connectivity index (χ0) is 24.5. The van der Waals surface area contributed by atoms with E-state index in [1.54, 1.807) is 53.4 Å². The van der Waals surface area contributed by atoms with Crippen molar-refractivity contribution in [1.29, 1.82) is 0 Å². The molecule has 3 atom stereocenters. The SMILES string of the molecule is COc1cccc(N2[C@H](c3ccc(Br)cc3)[C@@H]3C(=O)OC(=O)[C@H]3C23C(=O)c2ccccc2C3=O)c1. The van der Waals surface area contributed by atoms with E-state index in [-0.39, 0.29) is 11.1 Å². The summed E-state index contributed by atoms with van der Waals surface area (Å²) in [7, 11) is 1.52. The number of halogens is 1. The second-order valence-electron chi connectivity index (χ2n) is 8.78. The topological polar surface area (TPSA) is 90.0 Å². The maximum Gasteiger partial charge on any atom is 0.320 e. The van der Waals surface area contributed by atoms with Crippen LogP contribution in [-0.4, -0.2) is 36.2 Å². The standard InChI is InChI=1S/C27H18BrNO6/c1-34-17-6-4-5-16(13-17)29-22(14-9-11-15(28)12-10-14)20-21(26(33)35-25(20)32)27(29)23(30)18-7-2-3-8-19(18)24(27)31/h2-13,20-22H,1H3/t20-,21+,22-/m1/s1. The van der Waals surface area contributed by atoms with E-state index in [2.05, 4.69) is 15.9 Å². The predicted octanol–water partition coefficient (Wildman–Crippen LogP) is 4.15. The molecule has 0 unspecified atom stereocenters. The highest BCUT2D eigenvalue weighted by atomic mass is 79.9. The Morgan fingerprint density at radius 1 is 0.857 bits per heavy atom. The first-order chi connectivity index (χ1) is 16.9. The van der Waals surface area contributed by atoms with Gasteiger partial charge in [0.1, 0.15) is 11.7 Å². The van der Waals surface area contributed by atoms with Gasteiger partial charge in [0.2, 0.25) is 0 Å². The largest absolute Gasteiger partial charge is 0.497 e. The quantitative estimate of drug-likeness (QED) is 0.370. The van der Waals surface area contributed by atoms with Gasteiger partial charge in [-0.15, -0.1) is 0 Å². The molecule has 2 saturated heterocycles. The number of anilines is 1. The van der Waals surface area contributed by atoms with E-state index in [0.29, 0.717) is 17.0 Å². The maximum absolute atomic E-state index is 14.2. The van der Waals surface area contributed by atoms with Crippen LogP contribution in [0.15, 0.2) is 77.3 Å². The fraction of sp³-hybridized carbons (Fsp3) is 0.185. The van der Waals surface area contributed by atoms with Crippen molar-refractivity contribution < 1.29 is 28.7 Å². The van der Waals surface area contributed by atoms with Crippen LogP contribution in [0.1, 0.15) is 32.3 Å². The first-order valence-electron chi connectivity index (χ1n) is 11.0. The number of carbonyl (C=O) groups excluding carboxylic acids is 4. The van der Waals surface area contributed by atoms with Crippen LogP contribution in [-0.2, 0) is 14.3 Å². The van der Waals surface area contributed by atoms with Crippen molar-refractivity contribution in [1.82, 2.24) is 0 Å². The molecule has 3 aromatic rings.